The third kappa shape index (κ3) is 4.19. The van der Waals surface area contributed by atoms with E-state index in [1.165, 1.54) is 17.7 Å². The van der Waals surface area contributed by atoms with Crippen molar-refractivity contribution in [2.45, 2.75) is 19.5 Å². The Morgan fingerprint density at radius 2 is 1.90 bits per heavy atom. The quantitative estimate of drug-likeness (QED) is 0.860. The number of halogens is 2. The summed E-state index contributed by atoms with van der Waals surface area (Å²) < 4.78 is 13.1. The first-order valence-electron chi connectivity index (χ1n) is 6.91. The highest BCUT2D eigenvalue weighted by Gasteiger charge is 2.12. The zero-order chi connectivity index (χ0) is 15.4. The Hall–Kier alpha value is -1.58. The smallest absolute Gasteiger partial charge is 0.124 e. The summed E-state index contributed by atoms with van der Waals surface area (Å²) >= 11 is 6.13. The van der Waals surface area contributed by atoms with Gasteiger partial charge in [-0.1, -0.05) is 35.9 Å². The van der Waals surface area contributed by atoms with Gasteiger partial charge in [-0.05, 0) is 50.3 Å². The summed E-state index contributed by atoms with van der Waals surface area (Å²) in [6.45, 7) is 2.87. The lowest BCUT2D eigenvalue weighted by Gasteiger charge is -2.21. The predicted molar refractivity (Wildman–Crippen MR) is 87.3 cm³/mol. The number of rotatable bonds is 5. The first kappa shape index (κ1) is 15.8. The minimum Gasteiger partial charge on any atom is -0.378 e. The van der Waals surface area contributed by atoms with E-state index < -0.39 is 0 Å². The molecule has 2 aromatic rings. The van der Waals surface area contributed by atoms with Gasteiger partial charge in [0.05, 0.1) is 6.04 Å². The van der Waals surface area contributed by atoms with E-state index >= 15 is 0 Å². The van der Waals surface area contributed by atoms with Gasteiger partial charge in [-0.3, -0.25) is 0 Å². The number of nitrogens with zero attached hydrogens (tertiary/aromatic N) is 1. The van der Waals surface area contributed by atoms with E-state index in [0.717, 1.165) is 17.8 Å². The maximum atomic E-state index is 13.1. The van der Waals surface area contributed by atoms with Gasteiger partial charge in [0.25, 0.3) is 0 Å². The first-order chi connectivity index (χ1) is 9.97. The second-order valence-electron chi connectivity index (χ2n) is 5.43. The van der Waals surface area contributed by atoms with Crippen LogP contribution in [0.2, 0.25) is 5.02 Å². The second kappa shape index (κ2) is 6.92. The molecule has 2 rings (SSSR count). The van der Waals surface area contributed by atoms with Gasteiger partial charge in [0.15, 0.2) is 0 Å². The zero-order valence-corrected chi connectivity index (χ0v) is 13.3. The predicted octanol–water partition coefficient (Wildman–Crippen LogP) is 4.71. The molecule has 2 nitrogen and oxygen atoms in total. The maximum Gasteiger partial charge on any atom is 0.124 e. The lowest BCUT2D eigenvalue weighted by Crippen LogP contribution is -2.14. The monoisotopic (exact) mass is 306 g/mol. The summed E-state index contributed by atoms with van der Waals surface area (Å²) in [6.07, 6.45) is 0. The fourth-order valence-electron chi connectivity index (χ4n) is 2.30. The summed E-state index contributed by atoms with van der Waals surface area (Å²) in [4.78, 5) is 2.12. The molecule has 1 atom stereocenters. The van der Waals surface area contributed by atoms with Crippen molar-refractivity contribution in [1.82, 2.24) is 4.90 Å². The van der Waals surface area contributed by atoms with E-state index in [0.29, 0.717) is 5.02 Å². The van der Waals surface area contributed by atoms with Crippen molar-refractivity contribution in [2.24, 2.45) is 0 Å². The van der Waals surface area contributed by atoms with E-state index in [9.17, 15) is 4.39 Å². The summed E-state index contributed by atoms with van der Waals surface area (Å²) in [5.41, 5.74) is 3.17. The normalized spacial score (nSPS) is 12.5. The van der Waals surface area contributed by atoms with Crippen molar-refractivity contribution in [1.29, 1.82) is 0 Å². The fraction of sp³-hybridized carbons (Fsp3) is 0.294. The van der Waals surface area contributed by atoms with Gasteiger partial charge in [0.2, 0.25) is 0 Å². The molecule has 112 valence electrons. The van der Waals surface area contributed by atoms with Crippen LogP contribution in [0.25, 0.3) is 0 Å². The number of hydrogen-bond donors (Lipinski definition) is 1. The number of nitrogens with one attached hydrogen (secondary N) is 1. The topological polar surface area (TPSA) is 15.3 Å². The van der Waals surface area contributed by atoms with Crippen molar-refractivity contribution in [2.75, 3.05) is 19.4 Å². The van der Waals surface area contributed by atoms with Crippen LogP contribution in [0.3, 0.4) is 0 Å². The molecule has 0 saturated heterocycles. The zero-order valence-electron chi connectivity index (χ0n) is 12.5. The molecule has 1 N–H and O–H groups in total. The first-order valence-corrected chi connectivity index (χ1v) is 7.29. The van der Waals surface area contributed by atoms with Gasteiger partial charge < -0.3 is 10.2 Å². The number of benzene rings is 2. The van der Waals surface area contributed by atoms with Crippen LogP contribution < -0.4 is 5.32 Å². The number of anilines is 1. The molecule has 0 aliphatic rings. The average molecular weight is 307 g/mol. The Kier molecular flexibility index (Phi) is 5.21. The molecule has 1 unspecified atom stereocenters. The Labute approximate surface area is 130 Å². The molecule has 0 radical (unpaired) electrons. The van der Waals surface area contributed by atoms with Crippen molar-refractivity contribution in [3.63, 3.8) is 0 Å². The van der Waals surface area contributed by atoms with Crippen LogP contribution in [-0.2, 0) is 6.54 Å². The molecule has 0 bridgehead atoms. The SMILES string of the molecule is CC(Nc1ccccc1CN(C)C)c1ccc(F)cc1Cl. The molecule has 21 heavy (non-hydrogen) atoms. The third-order valence-corrected chi connectivity index (χ3v) is 3.63. The van der Waals surface area contributed by atoms with Gasteiger partial charge in [-0.2, -0.15) is 0 Å². The third-order valence-electron chi connectivity index (χ3n) is 3.30. The molecule has 0 saturated carbocycles. The Balaban J connectivity index is 2.21. The molecule has 4 heteroatoms. The second-order valence-corrected chi connectivity index (χ2v) is 5.83. The summed E-state index contributed by atoms with van der Waals surface area (Å²) in [6, 6.07) is 12.7. The standard InChI is InChI=1S/C17H20ClFN2/c1-12(15-9-8-14(19)10-16(15)18)20-17-7-5-4-6-13(17)11-21(2)3/h4-10,12,20H,11H2,1-3H3. The highest BCUT2D eigenvalue weighted by molar-refractivity contribution is 6.31. The molecular weight excluding hydrogens is 287 g/mol. The van der Waals surface area contributed by atoms with Gasteiger partial charge in [0, 0.05) is 17.3 Å². The van der Waals surface area contributed by atoms with Crippen LogP contribution >= 0.6 is 11.6 Å². The number of para-hydroxylation sites is 1. The lowest BCUT2D eigenvalue weighted by molar-refractivity contribution is 0.403. The van der Waals surface area contributed by atoms with E-state index in [2.05, 4.69) is 16.3 Å². The lowest BCUT2D eigenvalue weighted by atomic mass is 10.1. The molecule has 0 fully saturated rings. The van der Waals surface area contributed by atoms with E-state index in [-0.39, 0.29) is 11.9 Å². The maximum absolute atomic E-state index is 13.1. The molecule has 0 aliphatic carbocycles. The van der Waals surface area contributed by atoms with Crippen molar-refractivity contribution >= 4 is 17.3 Å². The molecule has 0 amide bonds. The highest BCUT2D eigenvalue weighted by Crippen LogP contribution is 2.28. The van der Waals surface area contributed by atoms with Crippen LogP contribution in [0.15, 0.2) is 42.5 Å². The van der Waals surface area contributed by atoms with Gasteiger partial charge in [-0.15, -0.1) is 0 Å². The highest BCUT2D eigenvalue weighted by atomic mass is 35.5. The van der Waals surface area contributed by atoms with Crippen LogP contribution in [-0.4, -0.2) is 19.0 Å². The van der Waals surface area contributed by atoms with Crippen molar-refractivity contribution < 1.29 is 4.39 Å². The van der Waals surface area contributed by atoms with E-state index in [1.807, 2.05) is 39.2 Å². The van der Waals surface area contributed by atoms with Crippen molar-refractivity contribution in [3.05, 3.63) is 64.4 Å². The molecular formula is C17H20ClFN2. The Bertz CT molecular complexity index is 613. The molecule has 0 aromatic heterocycles. The minimum absolute atomic E-state index is 0.00131. The Morgan fingerprint density at radius 1 is 1.19 bits per heavy atom. The van der Waals surface area contributed by atoms with Gasteiger partial charge in [-0.25, -0.2) is 4.39 Å². The van der Waals surface area contributed by atoms with E-state index in [4.69, 9.17) is 11.6 Å². The van der Waals surface area contributed by atoms with Crippen LogP contribution in [0.1, 0.15) is 24.1 Å². The van der Waals surface area contributed by atoms with Gasteiger partial charge >= 0.3 is 0 Å². The molecule has 0 spiro atoms. The molecule has 0 heterocycles. The van der Waals surface area contributed by atoms with E-state index in [1.54, 1.807) is 6.07 Å². The summed E-state index contributed by atoms with van der Waals surface area (Å²) in [5.74, 6) is -0.316. The van der Waals surface area contributed by atoms with Crippen LogP contribution in [0.5, 0.6) is 0 Å². The minimum atomic E-state index is -0.316. The molecule has 0 aliphatic heterocycles. The molecule has 2 aromatic carbocycles. The van der Waals surface area contributed by atoms with Crippen molar-refractivity contribution in [3.8, 4) is 0 Å². The summed E-state index contributed by atoms with van der Waals surface area (Å²) in [5, 5.41) is 3.90. The summed E-state index contributed by atoms with van der Waals surface area (Å²) in [7, 11) is 4.08. The van der Waals surface area contributed by atoms with Crippen LogP contribution in [0.4, 0.5) is 10.1 Å². The van der Waals surface area contributed by atoms with Crippen LogP contribution in [0, 0.1) is 5.82 Å². The largest absolute Gasteiger partial charge is 0.378 e. The fourth-order valence-corrected chi connectivity index (χ4v) is 2.63. The Morgan fingerprint density at radius 3 is 2.57 bits per heavy atom. The van der Waals surface area contributed by atoms with Gasteiger partial charge in [0.1, 0.15) is 5.82 Å². The average Bonchev–Trinajstić information content (AvgIpc) is 2.40. The number of hydrogen-bond acceptors (Lipinski definition) is 2.